The summed E-state index contributed by atoms with van der Waals surface area (Å²) in [5.41, 5.74) is 13.4. The number of aromatic nitrogens is 1. The molecule has 0 amide bonds. The molecule has 0 radical (unpaired) electrons. The molecule has 0 saturated heterocycles. The van der Waals surface area contributed by atoms with Gasteiger partial charge in [0, 0.05) is 49.4 Å². The average Bonchev–Trinajstić information content (AvgIpc) is 4.10. The maximum Gasteiger partial charge on any atom is 0.179 e. The van der Waals surface area contributed by atoms with E-state index in [0.717, 1.165) is 50.1 Å². The third-order valence-electron chi connectivity index (χ3n) is 14.7. The zero-order valence-corrected chi connectivity index (χ0v) is 39.2. The van der Waals surface area contributed by atoms with Crippen molar-refractivity contribution in [3.8, 4) is 22.3 Å². The number of para-hydroxylation sites is 3. The second-order valence-electron chi connectivity index (χ2n) is 18.4. The fraction of sp³-hybridized carbons (Fsp3) is 0. The second kappa shape index (κ2) is 16.1. The molecule has 0 unspecified atom stereocenters. The Kier molecular flexibility index (Phi) is 9.23. The van der Waals surface area contributed by atoms with Gasteiger partial charge in [-0.25, -0.2) is 0 Å². The number of furan rings is 1. The molecule has 70 heavy (non-hydrogen) atoms. The minimum Gasteiger partial charge on any atom is -0.456 e. The van der Waals surface area contributed by atoms with Crippen molar-refractivity contribution in [3.63, 3.8) is 0 Å². The van der Waals surface area contributed by atoms with Crippen LogP contribution in [0.25, 0.3) is 82.3 Å². The Hall–Kier alpha value is -8.96. The number of fused-ring (bicyclic) bond motifs is 9. The molecule has 0 aliphatic heterocycles. The van der Waals surface area contributed by atoms with Crippen LogP contribution in [0.4, 0.5) is 17.1 Å². The smallest absolute Gasteiger partial charge is 0.179 e. The zero-order chi connectivity index (χ0) is 46.2. The van der Waals surface area contributed by atoms with Gasteiger partial charge in [0.1, 0.15) is 11.2 Å². The Balaban J connectivity index is 0.870. The van der Waals surface area contributed by atoms with Gasteiger partial charge in [0.15, 0.2) is 8.07 Å². The average molecular weight is 909 g/mol. The highest BCUT2D eigenvalue weighted by Crippen LogP contribution is 2.43. The van der Waals surface area contributed by atoms with Crippen LogP contribution in [0, 0.1) is 0 Å². The summed E-state index contributed by atoms with van der Waals surface area (Å²) < 4.78 is 8.75. The molecular formula is C66H44N2OSi. The lowest BCUT2D eigenvalue weighted by molar-refractivity contribution is 0.669. The number of rotatable bonds is 9. The molecule has 328 valence electrons. The van der Waals surface area contributed by atoms with Crippen molar-refractivity contribution in [1.29, 1.82) is 0 Å². The van der Waals surface area contributed by atoms with E-state index in [9.17, 15) is 0 Å². The van der Waals surface area contributed by atoms with Crippen LogP contribution in [0.5, 0.6) is 0 Å². The molecule has 14 rings (SSSR count). The van der Waals surface area contributed by atoms with E-state index in [4.69, 9.17) is 4.42 Å². The minimum atomic E-state index is -2.63. The Labute approximate surface area is 406 Å². The molecule has 3 nitrogen and oxygen atoms in total. The normalized spacial score (nSPS) is 12.0. The molecule has 11 aromatic carbocycles. The van der Waals surface area contributed by atoms with E-state index in [1.165, 1.54) is 70.0 Å². The van der Waals surface area contributed by atoms with Crippen LogP contribution in [-0.4, -0.2) is 12.5 Å². The fourth-order valence-corrected chi connectivity index (χ4v) is 16.2. The lowest BCUT2D eigenvalue weighted by atomic mass is 10.0. The van der Waals surface area contributed by atoms with Gasteiger partial charge < -0.3 is 13.7 Å². The van der Waals surface area contributed by atoms with Gasteiger partial charge in [0.25, 0.3) is 0 Å². The van der Waals surface area contributed by atoms with Gasteiger partial charge in [0.05, 0.1) is 16.6 Å². The van der Waals surface area contributed by atoms with Crippen LogP contribution in [0.15, 0.2) is 271 Å². The topological polar surface area (TPSA) is 20.8 Å². The van der Waals surface area contributed by atoms with Crippen LogP contribution in [-0.2, 0) is 0 Å². The Morgan fingerprint density at radius 3 is 1.36 bits per heavy atom. The van der Waals surface area contributed by atoms with Gasteiger partial charge in [-0.1, -0.05) is 200 Å². The quantitative estimate of drug-likeness (QED) is 0.106. The molecule has 4 heteroatoms. The monoisotopic (exact) mass is 908 g/mol. The third-order valence-corrected chi connectivity index (χ3v) is 19.5. The highest BCUT2D eigenvalue weighted by atomic mass is 28.3. The van der Waals surface area contributed by atoms with Gasteiger partial charge >= 0.3 is 0 Å². The second-order valence-corrected chi connectivity index (χ2v) is 22.2. The van der Waals surface area contributed by atoms with Crippen LogP contribution in [0.1, 0.15) is 0 Å². The summed E-state index contributed by atoms with van der Waals surface area (Å²) >= 11 is 0. The first-order valence-corrected chi connectivity index (χ1v) is 26.1. The van der Waals surface area contributed by atoms with Crippen molar-refractivity contribution in [2.45, 2.75) is 0 Å². The van der Waals surface area contributed by atoms with E-state index in [1.54, 1.807) is 0 Å². The van der Waals surface area contributed by atoms with Gasteiger partial charge in [-0.15, -0.1) is 0 Å². The van der Waals surface area contributed by atoms with E-state index >= 15 is 0 Å². The number of hydrogen-bond acceptors (Lipinski definition) is 2. The standard InChI is InChI=1S/C66H44N2OSi/c1-4-15-52(16-5-1)70(53-17-6-2-7-18-53,54-19-8-3-9-20-54)55-39-31-46(32-40-55)45-27-34-49(35-28-45)67(50-36-29-47(30-37-50)48-33-41-58-57-22-11-13-26-64(57)69-65(58)43-48)51-38-42-63-61(44-51)60-24-14-23-59-56-21-10-12-25-62(56)68(63)66(59)60/h1-44H. The van der Waals surface area contributed by atoms with Crippen molar-refractivity contribution in [3.05, 3.63) is 267 Å². The van der Waals surface area contributed by atoms with E-state index in [0.29, 0.717) is 0 Å². The first-order valence-electron chi connectivity index (χ1n) is 24.1. The highest BCUT2D eigenvalue weighted by molar-refractivity contribution is 7.19. The van der Waals surface area contributed by atoms with Gasteiger partial charge in [0.2, 0.25) is 0 Å². The number of nitrogens with zero attached hydrogens (tertiary/aromatic N) is 2. The SMILES string of the molecule is c1ccc([Si](c2ccccc2)(c2ccccc2)c2ccc(-c3ccc(N(c4ccc(-c5ccc6c(c5)oc5ccccc56)cc4)c4ccc5c(c4)c4cccc6c7ccccc7n5c64)cc3)cc2)cc1. The molecule has 0 saturated carbocycles. The van der Waals surface area contributed by atoms with E-state index < -0.39 is 8.07 Å². The maximum absolute atomic E-state index is 6.30. The summed E-state index contributed by atoms with van der Waals surface area (Å²) in [5.74, 6) is 0. The summed E-state index contributed by atoms with van der Waals surface area (Å²) in [6.45, 7) is 0. The summed E-state index contributed by atoms with van der Waals surface area (Å²) in [6.07, 6.45) is 0. The Bertz CT molecular complexity index is 4100. The van der Waals surface area contributed by atoms with Crippen LogP contribution in [0.2, 0.25) is 0 Å². The lowest BCUT2D eigenvalue weighted by Crippen LogP contribution is -2.74. The van der Waals surface area contributed by atoms with Crippen LogP contribution >= 0.6 is 0 Å². The number of benzene rings is 11. The van der Waals surface area contributed by atoms with Gasteiger partial charge in [-0.2, -0.15) is 0 Å². The minimum absolute atomic E-state index is 0.899. The summed E-state index contributed by atoms with van der Waals surface area (Å²) in [6, 6.07) is 98.1. The molecule has 3 aromatic heterocycles. The first-order chi connectivity index (χ1) is 34.7. The van der Waals surface area contributed by atoms with Gasteiger partial charge in [-0.3, -0.25) is 0 Å². The van der Waals surface area contributed by atoms with E-state index in [1.807, 2.05) is 12.1 Å². The molecule has 14 aromatic rings. The van der Waals surface area contributed by atoms with Crippen molar-refractivity contribution in [2.24, 2.45) is 0 Å². The number of hydrogen-bond donors (Lipinski definition) is 0. The van der Waals surface area contributed by atoms with E-state index in [2.05, 4.69) is 264 Å². The summed E-state index contributed by atoms with van der Waals surface area (Å²) in [5, 5.41) is 12.8. The molecule has 0 spiro atoms. The molecule has 0 fully saturated rings. The summed E-state index contributed by atoms with van der Waals surface area (Å²) in [4.78, 5) is 2.39. The molecule has 0 aliphatic carbocycles. The molecule has 0 bridgehead atoms. The zero-order valence-electron chi connectivity index (χ0n) is 38.2. The predicted molar refractivity (Wildman–Crippen MR) is 298 cm³/mol. The molecule has 0 atom stereocenters. The largest absolute Gasteiger partial charge is 0.456 e. The van der Waals surface area contributed by atoms with Crippen molar-refractivity contribution in [1.82, 2.24) is 4.40 Å². The molecule has 0 aliphatic rings. The van der Waals surface area contributed by atoms with Crippen molar-refractivity contribution in [2.75, 3.05) is 4.90 Å². The Morgan fingerprint density at radius 1 is 0.286 bits per heavy atom. The highest BCUT2D eigenvalue weighted by Gasteiger charge is 2.41. The predicted octanol–water partition coefficient (Wildman–Crippen LogP) is 14.9. The van der Waals surface area contributed by atoms with Crippen LogP contribution < -0.4 is 25.6 Å². The molecule has 3 heterocycles. The van der Waals surface area contributed by atoms with Crippen molar-refractivity contribution >= 4 is 106 Å². The van der Waals surface area contributed by atoms with Gasteiger partial charge in [-0.05, 0) is 110 Å². The van der Waals surface area contributed by atoms with E-state index in [-0.39, 0.29) is 0 Å². The first kappa shape index (κ1) is 40.1. The van der Waals surface area contributed by atoms with Crippen molar-refractivity contribution < 1.29 is 4.42 Å². The maximum atomic E-state index is 6.30. The number of anilines is 3. The fourth-order valence-electron chi connectivity index (χ4n) is 11.5. The van der Waals surface area contributed by atoms with Crippen LogP contribution in [0.3, 0.4) is 0 Å². The lowest BCUT2D eigenvalue weighted by Gasteiger charge is -2.34. The Morgan fingerprint density at radius 2 is 0.729 bits per heavy atom. The molecular weight excluding hydrogens is 865 g/mol. The third kappa shape index (κ3) is 6.20. The molecule has 0 N–H and O–H groups in total. The summed E-state index contributed by atoms with van der Waals surface area (Å²) in [7, 11) is -2.63.